The molecule has 0 radical (unpaired) electrons. The molecule has 0 saturated heterocycles. The maximum Gasteiger partial charge on any atom is 0.265 e. The van der Waals surface area contributed by atoms with Crippen LogP contribution in [0.5, 0.6) is 5.75 Å². The van der Waals surface area contributed by atoms with E-state index in [1.54, 1.807) is 24.3 Å². The van der Waals surface area contributed by atoms with Gasteiger partial charge >= 0.3 is 0 Å². The molecule has 1 aliphatic carbocycles. The number of halogens is 2. The summed E-state index contributed by atoms with van der Waals surface area (Å²) < 4.78 is 32.1. The van der Waals surface area contributed by atoms with Gasteiger partial charge in [-0.3, -0.25) is 4.79 Å². The first-order valence-corrected chi connectivity index (χ1v) is 8.24. The van der Waals surface area contributed by atoms with E-state index in [4.69, 9.17) is 10.5 Å². The fourth-order valence-electron chi connectivity index (χ4n) is 2.59. The van der Waals surface area contributed by atoms with Crippen LogP contribution in [0.15, 0.2) is 48.5 Å². The van der Waals surface area contributed by atoms with Gasteiger partial charge in [0.1, 0.15) is 5.75 Å². The van der Waals surface area contributed by atoms with Crippen molar-refractivity contribution in [2.75, 3.05) is 6.54 Å². The molecule has 3 N–H and O–H groups in total. The number of nitrogens with two attached hydrogens (primary N) is 1. The van der Waals surface area contributed by atoms with Crippen LogP contribution in [-0.2, 0) is 4.79 Å². The van der Waals surface area contributed by atoms with Crippen molar-refractivity contribution in [2.24, 2.45) is 11.7 Å². The minimum absolute atomic E-state index is 0.0781. The normalized spacial score (nSPS) is 16.1. The number of carbonyl (C=O) groups excluding carboxylic acids is 1. The molecule has 2 unspecified atom stereocenters. The van der Waals surface area contributed by atoms with Gasteiger partial charge in [-0.25, -0.2) is 8.78 Å². The van der Waals surface area contributed by atoms with E-state index in [9.17, 15) is 13.6 Å². The fraction of sp³-hybridized carbons (Fsp3) is 0.316. The molecule has 0 heterocycles. The zero-order chi connectivity index (χ0) is 17.8. The molecule has 2 aromatic carbocycles. The molecule has 2 atom stereocenters. The predicted octanol–water partition coefficient (Wildman–Crippen LogP) is 2.94. The first kappa shape index (κ1) is 17.4. The molecule has 1 saturated carbocycles. The summed E-state index contributed by atoms with van der Waals surface area (Å²) in [6, 6.07) is 12.0. The quantitative estimate of drug-likeness (QED) is 0.810. The van der Waals surface area contributed by atoms with Crippen molar-refractivity contribution in [3.05, 3.63) is 65.7 Å². The third-order valence-corrected chi connectivity index (χ3v) is 4.22. The van der Waals surface area contributed by atoms with Gasteiger partial charge in [-0.2, -0.15) is 0 Å². The van der Waals surface area contributed by atoms with Gasteiger partial charge in [0.15, 0.2) is 11.6 Å². The van der Waals surface area contributed by atoms with Crippen molar-refractivity contribution in [3.8, 4) is 5.75 Å². The lowest BCUT2D eigenvalue weighted by atomic mass is 10.1. The van der Waals surface area contributed by atoms with E-state index in [0.29, 0.717) is 18.0 Å². The largest absolute Gasteiger partial charge is 0.476 e. The molecule has 0 spiro atoms. The van der Waals surface area contributed by atoms with Gasteiger partial charge < -0.3 is 15.8 Å². The van der Waals surface area contributed by atoms with Crippen molar-refractivity contribution in [2.45, 2.75) is 25.0 Å². The number of amides is 1. The van der Waals surface area contributed by atoms with Crippen LogP contribution < -0.4 is 15.8 Å². The monoisotopic (exact) mass is 346 g/mol. The molecule has 3 rings (SSSR count). The Labute approximate surface area is 145 Å². The number of benzene rings is 2. The highest BCUT2D eigenvalue weighted by molar-refractivity contribution is 5.82. The summed E-state index contributed by atoms with van der Waals surface area (Å²) in [5.74, 6) is -1.83. The topological polar surface area (TPSA) is 64.3 Å². The maximum atomic E-state index is 13.4. The molecule has 6 heteroatoms. The van der Waals surface area contributed by atoms with E-state index >= 15 is 0 Å². The Morgan fingerprint density at radius 3 is 2.52 bits per heavy atom. The lowest BCUT2D eigenvalue weighted by molar-refractivity contribution is -0.128. The molecule has 25 heavy (non-hydrogen) atoms. The van der Waals surface area contributed by atoms with Crippen LogP contribution in [0.1, 0.15) is 24.5 Å². The van der Waals surface area contributed by atoms with Crippen LogP contribution in [0.4, 0.5) is 8.78 Å². The van der Waals surface area contributed by atoms with Crippen LogP contribution in [0, 0.1) is 17.6 Å². The Bertz CT molecular complexity index is 735. The molecule has 2 aromatic rings. The number of rotatable bonds is 7. The maximum absolute atomic E-state index is 13.4. The third-order valence-electron chi connectivity index (χ3n) is 4.22. The Balaban J connectivity index is 1.74. The van der Waals surface area contributed by atoms with Crippen LogP contribution in [-0.4, -0.2) is 18.5 Å². The van der Waals surface area contributed by atoms with E-state index in [1.807, 2.05) is 6.07 Å². The molecule has 132 valence electrons. The number of hydrogen-bond donors (Lipinski definition) is 2. The standard InChI is InChI=1S/C19H20F2N2O2/c20-15-9-8-14(10-16(15)21)25-18(13-4-2-1-3-5-13)19(24)23-11-17(22)12-6-7-12/h1-5,8-10,12,17-18H,6-7,11,22H2,(H,23,24). The minimum atomic E-state index is -1.03. The van der Waals surface area contributed by atoms with Crippen molar-refractivity contribution >= 4 is 5.91 Å². The average Bonchev–Trinajstić information content (AvgIpc) is 3.46. The molecule has 4 nitrogen and oxygen atoms in total. The summed E-state index contributed by atoms with van der Waals surface area (Å²) in [6.07, 6.45) is 1.20. The fourth-order valence-corrected chi connectivity index (χ4v) is 2.59. The molecule has 1 fully saturated rings. The number of carbonyl (C=O) groups is 1. The van der Waals surface area contributed by atoms with Gasteiger partial charge in [-0.05, 0) is 30.9 Å². The summed E-state index contributed by atoms with van der Waals surface area (Å²) in [7, 11) is 0. The lowest BCUT2D eigenvalue weighted by Crippen LogP contribution is -2.41. The van der Waals surface area contributed by atoms with E-state index in [2.05, 4.69) is 5.32 Å². The smallest absolute Gasteiger partial charge is 0.265 e. The molecule has 0 aromatic heterocycles. The van der Waals surface area contributed by atoms with Gasteiger partial charge in [0.2, 0.25) is 6.10 Å². The predicted molar refractivity (Wildman–Crippen MR) is 89.9 cm³/mol. The summed E-state index contributed by atoms with van der Waals surface area (Å²) >= 11 is 0. The van der Waals surface area contributed by atoms with Crippen molar-refractivity contribution < 1.29 is 18.3 Å². The van der Waals surface area contributed by atoms with E-state index < -0.39 is 17.7 Å². The third kappa shape index (κ3) is 4.54. The first-order chi connectivity index (χ1) is 12.0. The zero-order valence-electron chi connectivity index (χ0n) is 13.6. The zero-order valence-corrected chi connectivity index (χ0v) is 13.6. The molecular formula is C19H20F2N2O2. The van der Waals surface area contributed by atoms with Gasteiger partial charge in [0.25, 0.3) is 5.91 Å². The van der Waals surface area contributed by atoms with Gasteiger partial charge in [0.05, 0.1) is 0 Å². The van der Waals surface area contributed by atoms with Crippen LogP contribution in [0.25, 0.3) is 0 Å². The second-order valence-electron chi connectivity index (χ2n) is 6.23. The van der Waals surface area contributed by atoms with Crippen molar-refractivity contribution in [1.82, 2.24) is 5.32 Å². The van der Waals surface area contributed by atoms with Crippen molar-refractivity contribution in [3.63, 3.8) is 0 Å². The Hall–Kier alpha value is -2.47. The highest BCUT2D eigenvalue weighted by atomic mass is 19.2. The number of nitrogens with one attached hydrogen (secondary N) is 1. The Kier molecular flexibility index (Phi) is 5.28. The molecule has 0 aliphatic heterocycles. The second kappa shape index (κ2) is 7.61. The number of hydrogen-bond acceptors (Lipinski definition) is 3. The Morgan fingerprint density at radius 2 is 1.88 bits per heavy atom. The molecule has 0 bridgehead atoms. The van der Waals surface area contributed by atoms with E-state index in [1.165, 1.54) is 6.07 Å². The summed E-state index contributed by atoms with van der Waals surface area (Å²) in [5.41, 5.74) is 6.62. The number of ether oxygens (including phenoxy) is 1. The Morgan fingerprint density at radius 1 is 1.16 bits per heavy atom. The van der Waals surface area contributed by atoms with Gasteiger partial charge in [0, 0.05) is 24.2 Å². The lowest BCUT2D eigenvalue weighted by Gasteiger charge is -2.20. The summed E-state index contributed by atoms with van der Waals surface area (Å²) in [5, 5.41) is 2.79. The molecule has 1 aliphatic rings. The summed E-state index contributed by atoms with van der Waals surface area (Å²) in [6.45, 7) is 0.355. The minimum Gasteiger partial charge on any atom is -0.476 e. The molecular weight excluding hydrogens is 326 g/mol. The summed E-state index contributed by atoms with van der Waals surface area (Å²) in [4.78, 5) is 12.6. The van der Waals surface area contributed by atoms with Gasteiger partial charge in [-0.1, -0.05) is 30.3 Å². The van der Waals surface area contributed by atoms with Crippen LogP contribution >= 0.6 is 0 Å². The second-order valence-corrected chi connectivity index (χ2v) is 6.23. The molecule has 1 amide bonds. The van der Waals surface area contributed by atoms with Crippen LogP contribution in [0.3, 0.4) is 0 Å². The average molecular weight is 346 g/mol. The van der Waals surface area contributed by atoms with Gasteiger partial charge in [-0.15, -0.1) is 0 Å². The first-order valence-electron chi connectivity index (χ1n) is 8.24. The highest BCUT2D eigenvalue weighted by Gasteiger charge is 2.30. The highest BCUT2D eigenvalue weighted by Crippen LogP contribution is 2.31. The van der Waals surface area contributed by atoms with E-state index in [-0.39, 0.29) is 17.7 Å². The van der Waals surface area contributed by atoms with Crippen molar-refractivity contribution in [1.29, 1.82) is 0 Å². The van der Waals surface area contributed by atoms with E-state index in [0.717, 1.165) is 25.0 Å². The van der Waals surface area contributed by atoms with Crippen LogP contribution in [0.2, 0.25) is 0 Å². The SMILES string of the molecule is NC(CNC(=O)C(Oc1ccc(F)c(F)c1)c1ccccc1)C1CC1.